The number of alkyl halides is 3. The fourth-order valence-corrected chi connectivity index (χ4v) is 0.565. The summed E-state index contributed by atoms with van der Waals surface area (Å²) in [5.74, 6) is 0. The van der Waals surface area contributed by atoms with Gasteiger partial charge in [0.1, 0.15) is 0 Å². The maximum absolute atomic E-state index is 11.8. The van der Waals surface area contributed by atoms with Gasteiger partial charge >= 0.3 is 6.30 Å². The first kappa shape index (κ1) is 10.2. The first-order valence-electron chi connectivity index (χ1n) is 2.62. The highest BCUT2D eigenvalue weighted by atomic mass is 32.1. The average molecular weight is 184 g/mol. The van der Waals surface area contributed by atoms with Crippen molar-refractivity contribution in [1.29, 1.82) is 0 Å². The van der Waals surface area contributed by atoms with Crippen molar-refractivity contribution in [3.8, 4) is 0 Å². The van der Waals surface area contributed by atoms with Crippen molar-refractivity contribution in [3.05, 3.63) is 12.8 Å². The molecule has 0 radical (unpaired) electrons. The Morgan fingerprint density at radius 1 is 1.64 bits per heavy atom. The maximum atomic E-state index is 11.8. The Labute approximate surface area is 67.5 Å². The molecule has 0 fully saturated rings. The Kier molecular flexibility index (Phi) is 3.31. The van der Waals surface area contributed by atoms with E-state index in [-0.39, 0.29) is 9.89 Å². The lowest BCUT2D eigenvalue weighted by molar-refractivity contribution is -0.222. The monoisotopic (exact) mass is 184 g/mol. The van der Waals surface area contributed by atoms with Crippen LogP contribution in [-0.2, 0) is 0 Å². The minimum Gasteiger partial charge on any atom is -0.392 e. The number of nitrogens with two attached hydrogens (primary N) is 1. The van der Waals surface area contributed by atoms with Crippen molar-refractivity contribution in [2.75, 3.05) is 6.54 Å². The highest BCUT2D eigenvalue weighted by Crippen LogP contribution is 2.20. The van der Waals surface area contributed by atoms with Gasteiger partial charge in [-0.15, -0.1) is 0 Å². The molecule has 64 valence electrons. The quantitative estimate of drug-likeness (QED) is 0.528. The molecule has 2 N–H and O–H groups in total. The molecule has 0 saturated heterocycles. The first-order chi connectivity index (χ1) is 4.88. The van der Waals surface area contributed by atoms with Crippen molar-refractivity contribution < 1.29 is 13.2 Å². The van der Waals surface area contributed by atoms with Crippen LogP contribution in [0.3, 0.4) is 0 Å². The van der Waals surface area contributed by atoms with E-state index < -0.39 is 12.8 Å². The van der Waals surface area contributed by atoms with E-state index in [0.717, 1.165) is 0 Å². The lowest BCUT2D eigenvalue weighted by atomic mass is 10.5. The van der Waals surface area contributed by atoms with Crippen LogP contribution in [0.15, 0.2) is 12.8 Å². The molecule has 0 spiro atoms. The largest absolute Gasteiger partial charge is 0.484 e. The van der Waals surface area contributed by atoms with E-state index in [0.29, 0.717) is 6.20 Å². The molecule has 0 aliphatic heterocycles. The third-order valence-corrected chi connectivity index (χ3v) is 1.00. The van der Waals surface area contributed by atoms with Gasteiger partial charge in [-0.2, -0.15) is 13.2 Å². The molecule has 0 aromatic carbocycles. The summed E-state index contributed by atoms with van der Waals surface area (Å²) in [5, 5.41) is 0. The van der Waals surface area contributed by atoms with Gasteiger partial charge in [0.2, 0.25) is 0 Å². The molecule has 0 bridgehead atoms. The number of thiocarbonyl (C=S) groups is 1. The molecule has 0 aromatic heterocycles. The van der Waals surface area contributed by atoms with Gasteiger partial charge in [0.15, 0.2) is 0 Å². The minimum atomic E-state index is -4.45. The van der Waals surface area contributed by atoms with Gasteiger partial charge in [0, 0.05) is 6.20 Å². The van der Waals surface area contributed by atoms with E-state index in [2.05, 4.69) is 18.8 Å². The first-order valence-corrected chi connectivity index (χ1v) is 3.03. The van der Waals surface area contributed by atoms with Crippen LogP contribution in [0.4, 0.5) is 13.2 Å². The number of halogens is 3. The summed E-state index contributed by atoms with van der Waals surface area (Å²) in [4.78, 5) is -0.211. The van der Waals surface area contributed by atoms with Crippen LogP contribution in [0.1, 0.15) is 0 Å². The summed E-state index contributed by atoms with van der Waals surface area (Å²) in [6, 6.07) is 0. The Hall–Kier alpha value is -0.780. The highest BCUT2D eigenvalue weighted by Gasteiger charge is 2.34. The highest BCUT2D eigenvalue weighted by molar-refractivity contribution is 7.80. The van der Waals surface area contributed by atoms with Crippen molar-refractivity contribution >= 4 is 17.2 Å². The predicted molar refractivity (Wildman–Crippen MR) is 39.7 cm³/mol. The Morgan fingerprint density at radius 3 is 2.18 bits per heavy atom. The van der Waals surface area contributed by atoms with E-state index in [4.69, 9.17) is 5.73 Å². The predicted octanol–water partition coefficient (Wildman–Crippen LogP) is 1.24. The van der Waals surface area contributed by atoms with E-state index in [1.54, 1.807) is 0 Å². The second-order valence-corrected chi connectivity index (χ2v) is 2.27. The molecular weight excluding hydrogens is 177 g/mol. The summed E-state index contributed by atoms with van der Waals surface area (Å²) in [5.41, 5.74) is 4.91. The van der Waals surface area contributed by atoms with Gasteiger partial charge in [-0.1, -0.05) is 18.8 Å². The van der Waals surface area contributed by atoms with E-state index >= 15 is 0 Å². The third kappa shape index (κ3) is 3.82. The zero-order chi connectivity index (χ0) is 9.07. The van der Waals surface area contributed by atoms with Crippen molar-refractivity contribution in [1.82, 2.24) is 4.90 Å². The van der Waals surface area contributed by atoms with Gasteiger partial charge in [-0.25, -0.2) is 0 Å². The topological polar surface area (TPSA) is 29.3 Å². The van der Waals surface area contributed by atoms with Crippen LogP contribution in [-0.4, -0.2) is 22.7 Å². The third-order valence-electron chi connectivity index (χ3n) is 0.872. The smallest absolute Gasteiger partial charge is 0.392 e. The average Bonchev–Trinajstić information content (AvgIpc) is 1.79. The zero-order valence-corrected chi connectivity index (χ0v) is 6.37. The fourth-order valence-electron chi connectivity index (χ4n) is 0.426. The molecule has 0 unspecified atom stereocenters. The summed E-state index contributed by atoms with van der Waals surface area (Å²) in [6.07, 6.45) is -3.82. The SMILES string of the molecule is C=CN(CC(N)=S)C(F)(F)F. The van der Waals surface area contributed by atoms with E-state index in [1.807, 2.05) is 0 Å². The summed E-state index contributed by atoms with van der Waals surface area (Å²) >= 11 is 4.30. The van der Waals surface area contributed by atoms with E-state index in [1.165, 1.54) is 0 Å². The number of nitrogens with zero attached hydrogens (tertiary/aromatic N) is 1. The molecule has 2 nitrogen and oxygen atoms in total. The normalized spacial score (nSPS) is 10.8. The lowest BCUT2D eigenvalue weighted by Crippen LogP contribution is -2.38. The molecule has 0 aliphatic carbocycles. The Morgan fingerprint density at radius 2 is 2.09 bits per heavy atom. The second-order valence-electron chi connectivity index (χ2n) is 1.74. The van der Waals surface area contributed by atoms with Crippen LogP contribution < -0.4 is 5.73 Å². The van der Waals surface area contributed by atoms with Crippen molar-refractivity contribution in [3.63, 3.8) is 0 Å². The molecule has 0 saturated carbocycles. The molecule has 11 heavy (non-hydrogen) atoms. The molecule has 0 rings (SSSR count). The van der Waals surface area contributed by atoms with Crippen LogP contribution in [0.2, 0.25) is 0 Å². The molecule has 0 heterocycles. The van der Waals surface area contributed by atoms with Gasteiger partial charge in [0.25, 0.3) is 0 Å². The molecule has 0 amide bonds. The summed E-state index contributed by atoms with van der Waals surface area (Å²) in [7, 11) is 0. The standard InChI is InChI=1S/C5H7F3N2S/c1-2-10(3-4(9)11)5(6,7)8/h2H,1,3H2,(H2,9,11). The summed E-state index contributed by atoms with van der Waals surface area (Å²) in [6.45, 7) is 2.45. The fraction of sp³-hybridized carbons (Fsp3) is 0.400. The Bertz CT molecular complexity index is 166. The number of rotatable bonds is 3. The minimum absolute atomic E-state index is 0.00926. The van der Waals surface area contributed by atoms with Crippen molar-refractivity contribution in [2.24, 2.45) is 5.73 Å². The van der Waals surface area contributed by atoms with Crippen LogP contribution in [0.5, 0.6) is 0 Å². The molecule has 0 aliphatic rings. The van der Waals surface area contributed by atoms with Gasteiger partial charge in [0.05, 0.1) is 11.5 Å². The van der Waals surface area contributed by atoms with Crippen molar-refractivity contribution in [2.45, 2.75) is 6.30 Å². The molecule has 0 atom stereocenters. The Balaban J connectivity index is 4.18. The second kappa shape index (κ2) is 3.56. The van der Waals surface area contributed by atoms with E-state index in [9.17, 15) is 13.2 Å². The number of hydrogen-bond donors (Lipinski definition) is 1. The lowest BCUT2D eigenvalue weighted by Gasteiger charge is -2.21. The van der Waals surface area contributed by atoms with Gasteiger partial charge < -0.3 is 5.73 Å². The zero-order valence-electron chi connectivity index (χ0n) is 5.56. The van der Waals surface area contributed by atoms with Crippen LogP contribution in [0, 0.1) is 0 Å². The molecule has 0 aromatic rings. The molecular formula is C5H7F3N2S. The van der Waals surface area contributed by atoms with Gasteiger partial charge in [-0.3, -0.25) is 4.90 Å². The van der Waals surface area contributed by atoms with Crippen LogP contribution in [0.25, 0.3) is 0 Å². The summed E-state index contributed by atoms with van der Waals surface area (Å²) < 4.78 is 35.5. The van der Waals surface area contributed by atoms with Crippen LogP contribution >= 0.6 is 12.2 Å². The number of hydrogen-bond acceptors (Lipinski definition) is 2. The molecule has 6 heteroatoms. The maximum Gasteiger partial charge on any atom is 0.484 e. The van der Waals surface area contributed by atoms with Gasteiger partial charge in [-0.05, 0) is 0 Å².